The van der Waals surface area contributed by atoms with Crippen LogP contribution in [0, 0.1) is 6.92 Å². The van der Waals surface area contributed by atoms with Crippen molar-refractivity contribution in [2.24, 2.45) is 0 Å². The highest BCUT2D eigenvalue weighted by Gasteiger charge is 2.09. The Balaban J connectivity index is 1.69. The van der Waals surface area contributed by atoms with Gasteiger partial charge in [-0.05, 0) is 36.6 Å². The van der Waals surface area contributed by atoms with Crippen molar-refractivity contribution in [2.45, 2.75) is 19.8 Å². The lowest BCUT2D eigenvalue weighted by molar-refractivity contribution is -0.120. The van der Waals surface area contributed by atoms with Crippen LogP contribution in [-0.2, 0) is 11.2 Å². The van der Waals surface area contributed by atoms with E-state index in [0.717, 1.165) is 16.9 Å². The van der Waals surface area contributed by atoms with Crippen LogP contribution in [0.3, 0.4) is 0 Å². The van der Waals surface area contributed by atoms with Crippen molar-refractivity contribution in [3.63, 3.8) is 0 Å². The first-order valence-electron chi connectivity index (χ1n) is 8.34. The van der Waals surface area contributed by atoms with Crippen LogP contribution in [0.25, 0.3) is 0 Å². The van der Waals surface area contributed by atoms with Gasteiger partial charge in [-0.25, -0.2) is 0 Å². The van der Waals surface area contributed by atoms with E-state index < -0.39 is 0 Å². The SMILES string of the molecule is COc1ccccc1CCNC(=O)CCNC(=O)c1ccccc1C. The average molecular weight is 340 g/mol. The first kappa shape index (κ1) is 18.5. The Morgan fingerprint density at radius 1 is 0.960 bits per heavy atom. The predicted molar refractivity (Wildman–Crippen MR) is 97.8 cm³/mol. The summed E-state index contributed by atoms with van der Waals surface area (Å²) in [5.74, 6) is 0.585. The zero-order valence-corrected chi connectivity index (χ0v) is 14.7. The largest absolute Gasteiger partial charge is 0.496 e. The van der Waals surface area contributed by atoms with E-state index in [4.69, 9.17) is 4.74 Å². The fourth-order valence-corrected chi connectivity index (χ4v) is 2.55. The highest BCUT2D eigenvalue weighted by molar-refractivity contribution is 5.95. The minimum absolute atomic E-state index is 0.0834. The van der Waals surface area contributed by atoms with Crippen molar-refractivity contribution in [3.05, 3.63) is 65.2 Å². The lowest BCUT2D eigenvalue weighted by atomic mass is 10.1. The van der Waals surface area contributed by atoms with Crippen LogP contribution < -0.4 is 15.4 Å². The average Bonchev–Trinajstić information content (AvgIpc) is 2.62. The Morgan fingerprint density at radius 2 is 1.68 bits per heavy atom. The Bertz CT molecular complexity index is 728. The second-order valence-corrected chi connectivity index (χ2v) is 5.73. The third-order valence-electron chi connectivity index (χ3n) is 3.94. The summed E-state index contributed by atoms with van der Waals surface area (Å²) in [5.41, 5.74) is 2.61. The first-order chi connectivity index (χ1) is 12.1. The molecule has 0 atom stereocenters. The third-order valence-corrected chi connectivity index (χ3v) is 3.94. The van der Waals surface area contributed by atoms with E-state index in [0.29, 0.717) is 25.1 Å². The van der Waals surface area contributed by atoms with Crippen LogP contribution in [0.1, 0.15) is 27.9 Å². The van der Waals surface area contributed by atoms with Crippen LogP contribution >= 0.6 is 0 Å². The highest BCUT2D eigenvalue weighted by atomic mass is 16.5. The number of hydrogen-bond acceptors (Lipinski definition) is 3. The topological polar surface area (TPSA) is 67.4 Å². The Kier molecular flexibility index (Phi) is 7.01. The van der Waals surface area contributed by atoms with E-state index in [1.807, 2.05) is 49.4 Å². The molecule has 0 aliphatic heterocycles. The standard InChI is InChI=1S/C20H24N2O3/c1-15-7-3-5-9-17(15)20(24)22-14-12-19(23)21-13-11-16-8-4-6-10-18(16)25-2/h3-10H,11-14H2,1-2H3,(H,21,23)(H,22,24). The molecule has 0 radical (unpaired) electrons. The molecule has 2 aromatic rings. The molecule has 132 valence electrons. The minimum atomic E-state index is -0.153. The minimum Gasteiger partial charge on any atom is -0.496 e. The van der Waals surface area contributed by atoms with Gasteiger partial charge in [-0.3, -0.25) is 9.59 Å². The number of carbonyl (C=O) groups is 2. The first-order valence-corrected chi connectivity index (χ1v) is 8.34. The molecule has 0 fully saturated rings. The summed E-state index contributed by atoms with van der Waals surface area (Å²) in [6.45, 7) is 2.73. The monoisotopic (exact) mass is 340 g/mol. The van der Waals surface area contributed by atoms with Gasteiger partial charge >= 0.3 is 0 Å². The van der Waals surface area contributed by atoms with Crippen LogP contribution in [0.5, 0.6) is 5.75 Å². The summed E-state index contributed by atoms with van der Waals surface area (Å²) < 4.78 is 5.29. The summed E-state index contributed by atoms with van der Waals surface area (Å²) >= 11 is 0. The zero-order valence-electron chi connectivity index (χ0n) is 14.7. The molecule has 0 bridgehead atoms. The second kappa shape index (κ2) is 9.47. The smallest absolute Gasteiger partial charge is 0.251 e. The third kappa shape index (κ3) is 5.64. The Morgan fingerprint density at radius 3 is 2.44 bits per heavy atom. The molecule has 2 amide bonds. The van der Waals surface area contributed by atoms with E-state index in [1.54, 1.807) is 13.2 Å². The molecule has 25 heavy (non-hydrogen) atoms. The van der Waals surface area contributed by atoms with Gasteiger partial charge in [0.15, 0.2) is 0 Å². The lowest BCUT2D eigenvalue weighted by Gasteiger charge is -2.10. The number of amides is 2. The number of methoxy groups -OCH3 is 1. The van der Waals surface area contributed by atoms with E-state index in [1.165, 1.54) is 0 Å². The molecule has 0 aromatic heterocycles. The molecule has 0 saturated heterocycles. The number of nitrogens with one attached hydrogen (secondary N) is 2. The number of benzene rings is 2. The molecule has 2 aromatic carbocycles. The number of carbonyl (C=O) groups excluding carboxylic acids is 2. The van der Waals surface area contributed by atoms with Crippen molar-refractivity contribution in [3.8, 4) is 5.75 Å². The van der Waals surface area contributed by atoms with Crippen molar-refractivity contribution in [2.75, 3.05) is 20.2 Å². The molecular formula is C20H24N2O3. The molecular weight excluding hydrogens is 316 g/mol. The van der Waals surface area contributed by atoms with E-state index in [2.05, 4.69) is 10.6 Å². The van der Waals surface area contributed by atoms with Gasteiger partial charge in [-0.2, -0.15) is 0 Å². The number of aryl methyl sites for hydroxylation is 1. The van der Waals surface area contributed by atoms with Crippen molar-refractivity contribution in [1.29, 1.82) is 0 Å². The fraction of sp³-hybridized carbons (Fsp3) is 0.300. The molecule has 0 aliphatic carbocycles. The lowest BCUT2D eigenvalue weighted by Crippen LogP contribution is -2.31. The second-order valence-electron chi connectivity index (χ2n) is 5.73. The molecule has 0 heterocycles. The maximum Gasteiger partial charge on any atom is 0.251 e. The molecule has 2 N–H and O–H groups in total. The maximum atomic E-state index is 12.1. The number of hydrogen-bond donors (Lipinski definition) is 2. The quantitative estimate of drug-likeness (QED) is 0.776. The summed E-state index contributed by atoms with van der Waals surface area (Å²) in [6, 6.07) is 15.1. The Hall–Kier alpha value is -2.82. The van der Waals surface area contributed by atoms with Gasteiger partial charge in [-0.1, -0.05) is 36.4 Å². The molecule has 5 nitrogen and oxygen atoms in total. The van der Waals surface area contributed by atoms with Crippen molar-refractivity contribution in [1.82, 2.24) is 10.6 Å². The fourth-order valence-electron chi connectivity index (χ4n) is 2.55. The molecule has 0 saturated carbocycles. The summed E-state index contributed by atoms with van der Waals surface area (Å²) in [5, 5.41) is 5.64. The van der Waals surface area contributed by atoms with E-state index >= 15 is 0 Å². The number of rotatable bonds is 8. The predicted octanol–water partition coefficient (Wildman–Crippen LogP) is 2.48. The van der Waals surface area contributed by atoms with Crippen LogP contribution in [0.2, 0.25) is 0 Å². The van der Waals surface area contributed by atoms with E-state index in [9.17, 15) is 9.59 Å². The maximum absolute atomic E-state index is 12.1. The normalized spacial score (nSPS) is 10.2. The molecule has 0 spiro atoms. The van der Waals surface area contributed by atoms with Gasteiger partial charge in [0.2, 0.25) is 5.91 Å². The number of ether oxygens (including phenoxy) is 1. The van der Waals surface area contributed by atoms with E-state index in [-0.39, 0.29) is 18.2 Å². The van der Waals surface area contributed by atoms with Crippen molar-refractivity contribution >= 4 is 11.8 Å². The van der Waals surface area contributed by atoms with Crippen LogP contribution in [0.4, 0.5) is 0 Å². The van der Waals surface area contributed by atoms with Gasteiger partial charge in [0, 0.05) is 25.1 Å². The highest BCUT2D eigenvalue weighted by Crippen LogP contribution is 2.17. The van der Waals surface area contributed by atoms with Gasteiger partial charge in [0.25, 0.3) is 5.91 Å². The zero-order chi connectivity index (χ0) is 18.1. The van der Waals surface area contributed by atoms with Gasteiger partial charge in [0.1, 0.15) is 5.75 Å². The van der Waals surface area contributed by atoms with Crippen LogP contribution in [-0.4, -0.2) is 32.0 Å². The summed E-state index contributed by atoms with van der Waals surface area (Å²) in [6.07, 6.45) is 0.953. The molecule has 0 unspecified atom stereocenters. The Labute approximate surface area is 148 Å². The van der Waals surface area contributed by atoms with Gasteiger partial charge in [-0.15, -0.1) is 0 Å². The summed E-state index contributed by atoms with van der Waals surface area (Å²) in [7, 11) is 1.63. The summed E-state index contributed by atoms with van der Waals surface area (Å²) in [4.78, 5) is 23.9. The number of para-hydroxylation sites is 1. The molecule has 2 rings (SSSR count). The van der Waals surface area contributed by atoms with Gasteiger partial charge in [0.05, 0.1) is 7.11 Å². The van der Waals surface area contributed by atoms with Crippen LogP contribution in [0.15, 0.2) is 48.5 Å². The molecule has 5 heteroatoms. The van der Waals surface area contributed by atoms with Crippen molar-refractivity contribution < 1.29 is 14.3 Å². The van der Waals surface area contributed by atoms with Gasteiger partial charge < -0.3 is 15.4 Å². The molecule has 0 aliphatic rings.